The molecular weight excluding hydrogens is 532 g/mol. The number of anilines is 1. The normalized spacial score (nSPS) is 12.7. The maximum Gasteiger partial charge on any atom is 0.573 e. The Kier molecular flexibility index (Phi) is 10.2. The first-order chi connectivity index (χ1) is 17.9. The molecular formula is C27H27F6NO3S. The number of thioether (sulfide) groups is 1. The summed E-state index contributed by atoms with van der Waals surface area (Å²) in [6.07, 6.45) is -4.15. The van der Waals surface area contributed by atoms with E-state index in [1.807, 2.05) is 11.8 Å². The van der Waals surface area contributed by atoms with Gasteiger partial charge in [0.05, 0.1) is 6.10 Å². The minimum absolute atomic E-state index is 0.0202. The summed E-state index contributed by atoms with van der Waals surface area (Å²) < 4.78 is 85.8. The van der Waals surface area contributed by atoms with Crippen molar-refractivity contribution >= 4 is 17.4 Å². The molecule has 0 heterocycles. The molecule has 0 radical (unpaired) electrons. The fourth-order valence-corrected chi connectivity index (χ4v) is 4.39. The van der Waals surface area contributed by atoms with Gasteiger partial charge in [0.25, 0.3) is 0 Å². The third-order valence-corrected chi connectivity index (χ3v) is 6.00. The zero-order valence-corrected chi connectivity index (χ0v) is 21.2. The number of halogens is 6. The Hall–Kier alpha value is -3.05. The highest BCUT2D eigenvalue weighted by Gasteiger charge is 2.31. The Morgan fingerprint density at radius 2 is 1.55 bits per heavy atom. The third kappa shape index (κ3) is 10.4. The van der Waals surface area contributed by atoms with Crippen molar-refractivity contribution in [3.8, 4) is 11.5 Å². The van der Waals surface area contributed by atoms with E-state index in [2.05, 4.69) is 4.74 Å². The van der Waals surface area contributed by atoms with Crippen LogP contribution in [0.15, 0.2) is 77.7 Å². The van der Waals surface area contributed by atoms with Crippen molar-refractivity contribution in [3.63, 3.8) is 0 Å². The van der Waals surface area contributed by atoms with Crippen LogP contribution in [0.4, 0.5) is 32.0 Å². The van der Waals surface area contributed by atoms with Crippen LogP contribution in [0.1, 0.15) is 30.9 Å². The molecule has 0 aliphatic carbocycles. The maximum atomic E-state index is 12.8. The van der Waals surface area contributed by atoms with E-state index in [4.69, 9.17) is 4.74 Å². The quantitative estimate of drug-likeness (QED) is 0.180. The summed E-state index contributed by atoms with van der Waals surface area (Å²) in [6, 6.07) is 18.5. The second-order valence-electron chi connectivity index (χ2n) is 8.50. The number of ether oxygens (including phenoxy) is 2. The van der Waals surface area contributed by atoms with Crippen molar-refractivity contribution in [2.24, 2.45) is 0 Å². The van der Waals surface area contributed by atoms with Crippen LogP contribution in [0.5, 0.6) is 11.5 Å². The third-order valence-electron chi connectivity index (χ3n) is 5.28. The van der Waals surface area contributed by atoms with Crippen LogP contribution in [0.25, 0.3) is 0 Å². The van der Waals surface area contributed by atoms with Crippen LogP contribution in [0.2, 0.25) is 0 Å². The molecule has 3 aromatic carbocycles. The molecule has 1 unspecified atom stereocenters. The lowest BCUT2D eigenvalue weighted by atomic mass is 10.1. The summed E-state index contributed by atoms with van der Waals surface area (Å²) in [6.45, 7) is 2.40. The first kappa shape index (κ1) is 29.5. The Morgan fingerprint density at radius 1 is 0.868 bits per heavy atom. The lowest BCUT2D eigenvalue weighted by molar-refractivity contribution is -0.274. The van der Waals surface area contributed by atoms with Gasteiger partial charge in [-0.3, -0.25) is 0 Å². The molecule has 3 aromatic rings. The maximum absolute atomic E-state index is 12.8. The van der Waals surface area contributed by atoms with E-state index in [9.17, 15) is 31.4 Å². The standard InChI is InChI=1S/C27H27F6NO3S/c1-2-6-22(35)17-34(16-19-7-4-12-25(14-19)38-27(31,32)33)21-9-5-10-23(15-21)36-18-20-8-3-11-24(13-20)37-26(28,29)30/h3-5,7-15,22,35H,2,6,16-18H2,1H3. The highest BCUT2D eigenvalue weighted by atomic mass is 32.2. The van der Waals surface area contributed by atoms with Gasteiger partial charge in [-0.25, -0.2) is 0 Å². The molecule has 0 aliphatic heterocycles. The zero-order chi connectivity index (χ0) is 27.8. The molecule has 0 spiro atoms. The number of hydrogen-bond donors (Lipinski definition) is 1. The topological polar surface area (TPSA) is 41.9 Å². The molecule has 4 nitrogen and oxygen atoms in total. The summed E-state index contributed by atoms with van der Waals surface area (Å²) in [7, 11) is 0. The Labute approximate surface area is 221 Å². The van der Waals surface area contributed by atoms with Gasteiger partial charge in [0, 0.05) is 29.7 Å². The second kappa shape index (κ2) is 13.1. The summed E-state index contributed by atoms with van der Waals surface area (Å²) in [5.41, 5.74) is -2.64. The molecule has 0 amide bonds. The number of hydrogen-bond acceptors (Lipinski definition) is 5. The molecule has 0 aliphatic rings. The number of aliphatic hydroxyl groups excluding tert-OH is 1. The number of benzene rings is 3. The van der Waals surface area contributed by atoms with E-state index >= 15 is 0 Å². The molecule has 1 N–H and O–H groups in total. The lowest BCUT2D eigenvalue weighted by Crippen LogP contribution is -2.32. The fraction of sp³-hybridized carbons (Fsp3) is 0.333. The zero-order valence-electron chi connectivity index (χ0n) is 20.4. The van der Waals surface area contributed by atoms with E-state index in [0.717, 1.165) is 6.42 Å². The van der Waals surface area contributed by atoms with Crippen LogP contribution >= 0.6 is 11.8 Å². The minimum Gasteiger partial charge on any atom is -0.489 e. The Morgan fingerprint density at radius 3 is 2.26 bits per heavy atom. The molecule has 0 saturated carbocycles. The number of rotatable bonds is 12. The highest BCUT2D eigenvalue weighted by Crippen LogP contribution is 2.37. The number of alkyl halides is 6. The fourth-order valence-electron chi connectivity index (χ4n) is 3.77. The van der Waals surface area contributed by atoms with Gasteiger partial charge >= 0.3 is 11.9 Å². The summed E-state index contributed by atoms with van der Waals surface area (Å²) in [5.74, 6) is 0.0790. The monoisotopic (exact) mass is 559 g/mol. The van der Waals surface area contributed by atoms with Crippen molar-refractivity contribution in [2.45, 2.75) is 55.8 Å². The van der Waals surface area contributed by atoms with E-state index in [1.165, 1.54) is 30.3 Å². The molecule has 38 heavy (non-hydrogen) atoms. The van der Waals surface area contributed by atoms with Gasteiger partial charge in [-0.05, 0) is 65.7 Å². The van der Waals surface area contributed by atoms with Crippen LogP contribution < -0.4 is 14.4 Å². The van der Waals surface area contributed by atoms with Gasteiger partial charge in [-0.1, -0.05) is 43.7 Å². The smallest absolute Gasteiger partial charge is 0.489 e. The van der Waals surface area contributed by atoms with Gasteiger partial charge in [-0.2, -0.15) is 13.2 Å². The van der Waals surface area contributed by atoms with E-state index < -0.39 is 18.0 Å². The van der Waals surface area contributed by atoms with E-state index in [-0.39, 0.29) is 42.1 Å². The predicted molar refractivity (Wildman–Crippen MR) is 134 cm³/mol. The highest BCUT2D eigenvalue weighted by molar-refractivity contribution is 8.00. The lowest BCUT2D eigenvalue weighted by Gasteiger charge is -2.28. The summed E-state index contributed by atoms with van der Waals surface area (Å²) in [4.78, 5) is 1.92. The SMILES string of the molecule is CCCC(O)CN(Cc1cccc(SC(F)(F)F)c1)c1cccc(OCc2cccc(OC(F)(F)F)c2)c1. The summed E-state index contributed by atoms with van der Waals surface area (Å²) >= 11 is -0.189. The number of aliphatic hydroxyl groups is 1. The van der Waals surface area contributed by atoms with Crippen LogP contribution in [-0.2, 0) is 13.2 Å². The van der Waals surface area contributed by atoms with E-state index in [1.54, 1.807) is 42.5 Å². The van der Waals surface area contributed by atoms with Gasteiger partial charge < -0.3 is 19.5 Å². The van der Waals surface area contributed by atoms with Gasteiger partial charge in [0.2, 0.25) is 0 Å². The molecule has 206 valence electrons. The molecule has 0 saturated heterocycles. The minimum atomic E-state index is -4.80. The molecule has 11 heteroatoms. The molecule has 0 fully saturated rings. The van der Waals surface area contributed by atoms with Crippen molar-refractivity contribution in [1.29, 1.82) is 0 Å². The Balaban J connectivity index is 1.77. The first-order valence-corrected chi connectivity index (χ1v) is 12.6. The predicted octanol–water partition coefficient (Wildman–Crippen LogP) is 7.94. The molecule has 3 rings (SSSR count). The van der Waals surface area contributed by atoms with Crippen molar-refractivity contribution in [2.75, 3.05) is 11.4 Å². The average molecular weight is 560 g/mol. The van der Waals surface area contributed by atoms with Gasteiger partial charge in [0.15, 0.2) is 0 Å². The van der Waals surface area contributed by atoms with Gasteiger partial charge in [-0.15, -0.1) is 13.2 Å². The average Bonchev–Trinajstić information content (AvgIpc) is 2.81. The van der Waals surface area contributed by atoms with Crippen molar-refractivity contribution < 1.29 is 40.9 Å². The van der Waals surface area contributed by atoms with Crippen molar-refractivity contribution in [3.05, 3.63) is 83.9 Å². The van der Waals surface area contributed by atoms with Gasteiger partial charge in [0.1, 0.15) is 18.1 Å². The second-order valence-corrected chi connectivity index (χ2v) is 9.64. The first-order valence-electron chi connectivity index (χ1n) is 11.8. The molecule has 0 aromatic heterocycles. The number of nitrogens with zero attached hydrogens (tertiary/aromatic N) is 1. The van der Waals surface area contributed by atoms with Crippen LogP contribution in [-0.4, -0.2) is 29.6 Å². The van der Waals surface area contributed by atoms with Crippen molar-refractivity contribution in [1.82, 2.24) is 0 Å². The van der Waals surface area contributed by atoms with E-state index in [0.29, 0.717) is 29.0 Å². The largest absolute Gasteiger partial charge is 0.573 e. The van der Waals surface area contributed by atoms with Crippen LogP contribution in [0.3, 0.4) is 0 Å². The molecule has 0 bridgehead atoms. The Bertz CT molecular complexity index is 1170. The molecule has 1 atom stereocenters. The summed E-state index contributed by atoms with van der Waals surface area (Å²) in [5, 5.41) is 10.5. The van der Waals surface area contributed by atoms with Crippen LogP contribution in [0, 0.1) is 0 Å².